The number of carbonyl (C=O) groups excluding carboxylic acids is 2. The minimum Gasteiger partial charge on any atom is -0.353 e. The van der Waals surface area contributed by atoms with Crippen LogP contribution in [-0.4, -0.2) is 24.4 Å². The maximum Gasteiger partial charge on any atom is 0.261 e. The molecule has 20 heavy (non-hydrogen) atoms. The summed E-state index contributed by atoms with van der Waals surface area (Å²) in [7, 11) is 0. The highest BCUT2D eigenvalue weighted by atomic mass is 32.1. The highest BCUT2D eigenvalue weighted by molar-refractivity contribution is 7.12. The highest BCUT2D eigenvalue weighted by Crippen LogP contribution is 2.23. The predicted molar refractivity (Wildman–Crippen MR) is 80.8 cm³/mol. The van der Waals surface area contributed by atoms with E-state index in [1.165, 1.54) is 24.2 Å². The van der Waals surface area contributed by atoms with Crippen molar-refractivity contribution >= 4 is 23.2 Å². The third-order valence-electron chi connectivity index (χ3n) is 3.76. The van der Waals surface area contributed by atoms with Crippen LogP contribution in [0.2, 0.25) is 0 Å². The highest BCUT2D eigenvalue weighted by Gasteiger charge is 2.19. The number of hydrogen-bond donors (Lipinski definition) is 2. The van der Waals surface area contributed by atoms with Crippen molar-refractivity contribution in [3.8, 4) is 0 Å². The number of carbonyl (C=O) groups is 2. The average Bonchev–Trinajstić information content (AvgIpc) is 2.95. The van der Waals surface area contributed by atoms with E-state index in [9.17, 15) is 9.59 Å². The summed E-state index contributed by atoms with van der Waals surface area (Å²) in [6.45, 7) is 2.66. The zero-order chi connectivity index (χ0) is 14.4. The van der Waals surface area contributed by atoms with Crippen LogP contribution in [0.25, 0.3) is 0 Å². The molecule has 110 valence electrons. The molecule has 1 aliphatic rings. The topological polar surface area (TPSA) is 58.2 Å². The van der Waals surface area contributed by atoms with Gasteiger partial charge in [0.2, 0.25) is 5.91 Å². The molecule has 1 aliphatic carbocycles. The van der Waals surface area contributed by atoms with Crippen molar-refractivity contribution in [2.24, 2.45) is 5.92 Å². The fraction of sp³-hybridized carbons (Fsp3) is 0.600. The van der Waals surface area contributed by atoms with Crippen molar-refractivity contribution < 1.29 is 9.59 Å². The molecule has 1 saturated carbocycles. The second-order valence-corrected chi connectivity index (χ2v) is 6.46. The molecule has 0 aliphatic heterocycles. The van der Waals surface area contributed by atoms with Crippen molar-refractivity contribution in [2.75, 3.05) is 6.54 Å². The Morgan fingerprint density at radius 1 is 1.30 bits per heavy atom. The van der Waals surface area contributed by atoms with Crippen molar-refractivity contribution in [1.82, 2.24) is 10.6 Å². The second kappa shape index (κ2) is 7.43. The molecule has 2 amide bonds. The van der Waals surface area contributed by atoms with Crippen molar-refractivity contribution in [2.45, 2.75) is 45.1 Å². The first kappa shape index (κ1) is 15.0. The quantitative estimate of drug-likeness (QED) is 0.877. The lowest BCUT2D eigenvalue weighted by Gasteiger charge is -2.26. The van der Waals surface area contributed by atoms with Crippen LogP contribution >= 0.6 is 11.3 Å². The van der Waals surface area contributed by atoms with E-state index in [0.29, 0.717) is 23.9 Å². The van der Waals surface area contributed by atoms with E-state index >= 15 is 0 Å². The van der Waals surface area contributed by atoms with Gasteiger partial charge in [-0.2, -0.15) is 0 Å². The summed E-state index contributed by atoms with van der Waals surface area (Å²) in [6.07, 6.45) is 4.90. The van der Waals surface area contributed by atoms with Gasteiger partial charge in [-0.1, -0.05) is 13.0 Å². The lowest BCUT2D eigenvalue weighted by atomic mass is 9.87. The molecule has 0 atom stereocenters. The minimum atomic E-state index is -0.0979. The van der Waals surface area contributed by atoms with Crippen LogP contribution in [0.5, 0.6) is 0 Å². The summed E-state index contributed by atoms with van der Waals surface area (Å²) in [5.41, 5.74) is 0. The fourth-order valence-electron chi connectivity index (χ4n) is 2.49. The largest absolute Gasteiger partial charge is 0.353 e. The lowest BCUT2D eigenvalue weighted by molar-refractivity contribution is -0.121. The zero-order valence-electron chi connectivity index (χ0n) is 11.9. The molecule has 1 aromatic rings. The third-order valence-corrected chi connectivity index (χ3v) is 4.63. The van der Waals surface area contributed by atoms with Gasteiger partial charge < -0.3 is 10.6 Å². The molecule has 0 spiro atoms. The van der Waals surface area contributed by atoms with Crippen molar-refractivity contribution in [3.05, 3.63) is 22.4 Å². The van der Waals surface area contributed by atoms with E-state index in [4.69, 9.17) is 0 Å². The number of rotatable bonds is 5. The van der Waals surface area contributed by atoms with Crippen LogP contribution in [0, 0.1) is 5.92 Å². The van der Waals surface area contributed by atoms with Crippen LogP contribution in [0.3, 0.4) is 0 Å². The molecule has 1 fully saturated rings. The van der Waals surface area contributed by atoms with Gasteiger partial charge in [-0.3, -0.25) is 9.59 Å². The number of hydrogen-bond acceptors (Lipinski definition) is 3. The van der Waals surface area contributed by atoms with Gasteiger partial charge in [0.15, 0.2) is 0 Å². The SMILES string of the molecule is CC1CCC(NC(=O)CCNC(=O)c2cccs2)CC1. The molecule has 0 bridgehead atoms. The maximum absolute atomic E-state index is 11.8. The van der Waals surface area contributed by atoms with Crippen LogP contribution < -0.4 is 10.6 Å². The van der Waals surface area contributed by atoms with E-state index < -0.39 is 0 Å². The molecular weight excluding hydrogens is 272 g/mol. The molecule has 0 aromatic carbocycles. The minimum absolute atomic E-state index is 0.0380. The van der Waals surface area contributed by atoms with E-state index in [1.54, 1.807) is 6.07 Å². The van der Waals surface area contributed by atoms with E-state index in [0.717, 1.165) is 18.8 Å². The van der Waals surface area contributed by atoms with Gasteiger partial charge in [0.25, 0.3) is 5.91 Å². The van der Waals surface area contributed by atoms with Gasteiger partial charge in [0, 0.05) is 19.0 Å². The second-order valence-electron chi connectivity index (χ2n) is 5.51. The molecule has 1 aromatic heterocycles. The summed E-state index contributed by atoms with van der Waals surface area (Å²) in [5, 5.41) is 7.70. The first-order valence-electron chi connectivity index (χ1n) is 7.26. The third kappa shape index (κ3) is 4.63. The number of amides is 2. The van der Waals surface area contributed by atoms with E-state index in [-0.39, 0.29) is 11.8 Å². The van der Waals surface area contributed by atoms with Gasteiger partial charge in [0.1, 0.15) is 0 Å². The molecule has 2 N–H and O–H groups in total. The maximum atomic E-state index is 11.8. The smallest absolute Gasteiger partial charge is 0.261 e. The number of nitrogens with one attached hydrogen (secondary N) is 2. The Bertz CT molecular complexity index is 437. The molecule has 2 rings (SSSR count). The summed E-state index contributed by atoms with van der Waals surface area (Å²) >= 11 is 1.41. The van der Waals surface area contributed by atoms with Crippen LogP contribution in [0.15, 0.2) is 17.5 Å². The summed E-state index contributed by atoms with van der Waals surface area (Å²) in [4.78, 5) is 24.2. The molecule has 0 unspecified atom stereocenters. The fourth-order valence-corrected chi connectivity index (χ4v) is 3.13. The summed E-state index contributed by atoms with van der Waals surface area (Å²) < 4.78 is 0. The van der Waals surface area contributed by atoms with Crippen LogP contribution in [0.4, 0.5) is 0 Å². The van der Waals surface area contributed by atoms with Gasteiger partial charge >= 0.3 is 0 Å². The van der Waals surface area contributed by atoms with Crippen molar-refractivity contribution in [1.29, 1.82) is 0 Å². The Balaban J connectivity index is 1.62. The van der Waals surface area contributed by atoms with E-state index in [1.807, 2.05) is 11.4 Å². The van der Waals surface area contributed by atoms with Crippen molar-refractivity contribution in [3.63, 3.8) is 0 Å². The Morgan fingerprint density at radius 3 is 2.70 bits per heavy atom. The Kier molecular flexibility index (Phi) is 5.59. The van der Waals surface area contributed by atoms with Gasteiger partial charge in [-0.15, -0.1) is 11.3 Å². The zero-order valence-corrected chi connectivity index (χ0v) is 12.7. The first-order valence-corrected chi connectivity index (χ1v) is 8.14. The number of thiophene rings is 1. The molecular formula is C15H22N2O2S. The summed E-state index contributed by atoms with van der Waals surface area (Å²) in [6, 6.07) is 3.95. The van der Waals surface area contributed by atoms with Gasteiger partial charge in [0.05, 0.1) is 4.88 Å². The monoisotopic (exact) mass is 294 g/mol. The Labute approximate surface area is 124 Å². The van der Waals surface area contributed by atoms with Crippen LogP contribution in [0.1, 0.15) is 48.7 Å². The normalized spacial score (nSPS) is 22.2. The summed E-state index contributed by atoms with van der Waals surface area (Å²) in [5.74, 6) is 0.726. The molecule has 0 radical (unpaired) electrons. The Morgan fingerprint density at radius 2 is 2.05 bits per heavy atom. The van der Waals surface area contributed by atoms with Gasteiger partial charge in [-0.05, 0) is 43.0 Å². The van der Waals surface area contributed by atoms with Gasteiger partial charge in [-0.25, -0.2) is 0 Å². The van der Waals surface area contributed by atoms with E-state index in [2.05, 4.69) is 17.6 Å². The standard InChI is InChI=1S/C15H22N2O2S/c1-11-4-6-12(7-5-11)17-14(18)8-9-16-15(19)13-3-2-10-20-13/h2-3,10-12H,4-9H2,1H3,(H,16,19)(H,17,18). The van der Waals surface area contributed by atoms with Crippen LogP contribution in [-0.2, 0) is 4.79 Å². The molecule has 5 heteroatoms. The average molecular weight is 294 g/mol. The lowest BCUT2D eigenvalue weighted by Crippen LogP contribution is -2.39. The first-order chi connectivity index (χ1) is 9.65. The Hall–Kier alpha value is -1.36. The molecule has 1 heterocycles. The molecule has 0 saturated heterocycles. The predicted octanol–water partition coefficient (Wildman–Crippen LogP) is 2.56. The molecule has 4 nitrogen and oxygen atoms in total.